The Labute approximate surface area is 211 Å². The predicted molar refractivity (Wildman–Crippen MR) is 136 cm³/mol. The van der Waals surface area contributed by atoms with Crippen LogP contribution in [-0.2, 0) is 4.74 Å². The number of halogens is 1. The first-order chi connectivity index (χ1) is 17.0. The fraction of sp³-hybridized carbons (Fsp3) is 0.621. The highest BCUT2D eigenvalue weighted by Gasteiger charge is 2.74. The summed E-state index contributed by atoms with van der Waals surface area (Å²) < 4.78 is 24.2. The Bertz CT molecular complexity index is 1330. The molecule has 2 unspecified atom stereocenters. The molecule has 0 amide bonds. The van der Waals surface area contributed by atoms with Crippen LogP contribution < -0.4 is 0 Å². The molecule has 2 saturated carbocycles. The smallest absolute Gasteiger partial charge is 0.158 e. The van der Waals surface area contributed by atoms with Gasteiger partial charge in [-0.15, -0.1) is 0 Å². The van der Waals surface area contributed by atoms with Gasteiger partial charge in [0.15, 0.2) is 5.67 Å². The maximum Gasteiger partial charge on any atom is 0.158 e. The molecule has 1 aromatic heterocycles. The summed E-state index contributed by atoms with van der Waals surface area (Å²) in [6.45, 7) is 4.34. The van der Waals surface area contributed by atoms with Gasteiger partial charge in [-0.2, -0.15) is 5.10 Å². The first-order valence-corrected chi connectivity index (χ1v) is 13.3. The third kappa shape index (κ3) is 2.62. The second-order valence-corrected chi connectivity index (χ2v) is 12.5. The highest BCUT2D eigenvalue weighted by atomic mass is 19.1. The number of aryl methyl sites for hydroxylation is 1. The number of aromatic nitrogens is 2. The Kier molecular flexibility index (Phi) is 4.53. The lowest BCUT2D eigenvalue weighted by Gasteiger charge is -2.60. The van der Waals surface area contributed by atoms with Crippen molar-refractivity contribution in [3.63, 3.8) is 0 Å². The second kappa shape index (κ2) is 7.07. The van der Waals surface area contributed by atoms with Crippen LogP contribution in [0.5, 0.6) is 0 Å². The summed E-state index contributed by atoms with van der Waals surface area (Å²) in [5.41, 5.74) is 1.57. The minimum Gasteiger partial charge on any atom is -0.388 e. The van der Waals surface area contributed by atoms with Crippen molar-refractivity contribution in [3.8, 4) is 0 Å². The lowest BCUT2D eigenvalue weighted by molar-refractivity contribution is -0.239. The van der Waals surface area contributed by atoms with Gasteiger partial charge in [-0.3, -0.25) is 5.10 Å². The van der Waals surface area contributed by atoms with Gasteiger partial charge in [0, 0.05) is 23.0 Å². The van der Waals surface area contributed by atoms with E-state index in [0.717, 1.165) is 23.0 Å². The van der Waals surface area contributed by atoms with Crippen molar-refractivity contribution in [2.45, 2.75) is 87.5 Å². The van der Waals surface area contributed by atoms with Crippen LogP contribution >= 0.6 is 0 Å². The number of aromatic amines is 1. The van der Waals surface area contributed by atoms with Gasteiger partial charge in [-0.1, -0.05) is 19.1 Å². The normalized spacial score (nSPS) is 45.3. The van der Waals surface area contributed by atoms with Gasteiger partial charge in [0.2, 0.25) is 0 Å². The summed E-state index contributed by atoms with van der Waals surface area (Å²) >= 11 is 0. The average Bonchev–Trinajstić information content (AvgIpc) is 3.50. The zero-order chi connectivity index (χ0) is 25.3. The molecule has 36 heavy (non-hydrogen) atoms. The van der Waals surface area contributed by atoms with Gasteiger partial charge in [0.05, 0.1) is 17.2 Å². The Morgan fingerprint density at radius 1 is 1.17 bits per heavy atom. The van der Waals surface area contributed by atoms with Crippen LogP contribution in [0.15, 0.2) is 35.9 Å². The maximum absolute atomic E-state index is 17.1. The lowest BCUT2D eigenvalue weighted by Crippen LogP contribution is -2.68. The average molecular weight is 494 g/mol. The number of H-pyrrole nitrogens is 1. The van der Waals surface area contributed by atoms with E-state index < -0.39 is 29.1 Å². The van der Waals surface area contributed by atoms with Crippen molar-refractivity contribution in [1.82, 2.24) is 15.1 Å². The molecule has 8 atom stereocenters. The SMILES string of the molecule is Cc1[nH]nc2ccc(C3=CCC4[C@@]56CC[C@]7(C[C@H](N(C)C)[C@@H](O)[C@H](O)C7=CC5(F)CC[C@]34C)O6)cc12. The van der Waals surface area contributed by atoms with E-state index >= 15 is 4.39 Å². The van der Waals surface area contributed by atoms with Crippen LogP contribution in [0, 0.1) is 18.3 Å². The predicted octanol–water partition coefficient (Wildman–Crippen LogP) is 4.07. The van der Waals surface area contributed by atoms with Crippen molar-refractivity contribution < 1.29 is 19.3 Å². The number of nitrogens with zero attached hydrogens (tertiary/aromatic N) is 2. The molecule has 1 aromatic carbocycles. The number of hydrogen-bond donors (Lipinski definition) is 3. The lowest BCUT2D eigenvalue weighted by atomic mass is 9.53. The number of aliphatic hydroxyl groups excluding tert-OH is 2. The molecular weight excluding hydrogens is 457 g/mol. The molecule has 2 spiro atoms. The van der Waals surface area contributed by atoms with Crippen LogP contribution in [0.25, 0.3) is 16.5 Å². The molecule has 7 heteroatoms. The third-order valence-corrected chi connectivity index (χ3v) is 10.7. The third-order valence-electron chi connectivity index (χ3n) is 10.7. The molecule has 5 aliphatic rings. The molecule has 2 bridgehead atoms. The first-order valence-electron chi connectivity index (χ1n) is 13.3. The fourth-order valence-electron chi connectivity index (χ4n) is 8.74. The Morgan fingerprint density at radius 2 is 1.97 bits per heavy atom. The summed E-state index contributed by atoms with van der Waals surface area (Å²) in [5, 5.41) is 30.6. The second-order valence-electron chi connectivity index (χ2n) is 12.5. The van der Waals surface area contributed by atoms with Crippen molar-refractivity contribution in [1.29, 1.82) is 0 Å². The van der Waals surface area contributed by atoms with Gasteiger partial charge in [0.25, 0.3) is 0 Å². The van der Waals surface area contributed by atoms with E-state index in [1.807, 2.05) is 25.9 Å². The van der Waals surface area contributed by atoms with Crippen molar-refractivity contribution in [2.24, 2.45) is 11.3 Å². The van der Waals surface area contributed by atoms with E-state index in [2.05, 4.69) is 41.4 Å². The van der Waals surface area contributed by atoms with E-state index in [1.54, 1.807) is 6.08 Å². The monoisotopic (exact) mass is 493 g/mol. The van der Waals surface area contributed by atoms with Crippen LogP contribution in [-0.4, -0.2) is 74.5 Å². The highest BCUT2D eigenvalue weighted by molar-refractivity contribution is 5.87. The largest absolute Gasteiger partial charge is 0.388 e. The maximum atomic E-state index is 17.1. The molecule has 1 saturated heterocycles. The minimum absolute atomic E-state index is 0.0128. The molecule has 192 valence electrons. The molecule has 3 fully saturated rings. The van der Waals surface area contributed by atoms with Crippen molar-refractivity contribution in [3.05, 3.63) is 47.2 Å². The zero-order valence-electron chi connectivity index (χ0n) is 21.5. The molecular formula is C29H36FN3O3. The van der Waals surface area contributed by atoms with Crippen molar-refractivity contribution >= 4 is 16.5 Å². The molecule has 3 heterocycles. The van der Waals surface area contributed by atoms with E-state index in [4.69, 9.17) is 4.74 Å². The van der Waals surface area contributed by atoms with Gasteiger partial charge in [-0.25, -0.2) is 4.39 Å². The molecule has 2 aromatic rings. The van der Waals surface area contributed by atoms with Gasteiger partial charge < -0.3 is 19.8 Å². The quantitative estimate of drug-likeness (QED) is 0.550. The van der Waals surface area contributed by atoms with E-state index in [0.29, 0.717) is 37.7 Å². The Hall–Kier alpha value is -2.06. The van der Waals surface area contributed by atoms with Crippen LogP contribution in [0.3, 0.4) is 0 Å². The zero-order valence-corrected chi connectivity index (χ0v) is 21.5. The molecule has 0 radical (unpaired) electrons. The summed E-state index contributed by atoms with van der Waals surface area (Å²) in [6.07, 6.45) is 5.68. The van der Waals surface area contributed by atoms with Gasteiger partial charge in [0.1, 0.15) is 11.7 Å². The van der Waals surface area contributed by atoms with E-state index in [9.17, 15) is 10.2 Å². The number of rotatable bonds is 2. The number of aliphatic hydroxyl groups is 2. The number of hydrogen-bond acceptors (Lipinski definition) is 5. The summed E-state index contributed by atoms with van der Waals surface area (Å²) in [7, 11) is 3.84. The summed E-state index contributed by atoms with van der Waals surface area (Å²) in [5.74, 6) is 0.0128. The number of ether oxygens (including phenoxy) is 1. The van der Waals surface area contributed by atoms with Gasteiger partial charge in [-0.05, 0) is 99.9 Å². The molecule has 3 N–H and O–H groups in total. The Morgan fingerprint density at radius 3 is 2.75 bits per heavy atom. The van der Waals surface area contributed by atoms with Gasteiger partial charge >= 0.3 is 0 Å². The van der Waals surface area contributed by atoms with E-state index in [1.165, 1.54) is 11.1 Å². The number of alkyl halides is 1. The first kappa shape index (κ1) is 23.1. The fourth-order valence-corrected chi connectivity index (χ4v) is 8.74. The summed E-state index contributed by atoms with van der Waals surface area (Å²) in [4.78, 5) is 1.96. The summed E-state index contributed by atoms with van der Waals surface area (Å²) in [6, 6.07) is 6.20. The number of benzene rings is 1. The topological polar surface area (TPSA) is 81.6 Å². The Balaban J connectivity index is 1.30. The number of likely N-dealkylation sites (N-methyl/N-ethyl adjacent to an activating group) is 1. The molecule has 3 aliphatic carbocycles. The van der Waals surface area contributed by atoms with Crippen LogP contribution in [0.1, 0.15) is 56.7 Å². The van der Waals surface area contributed by atoms with E-state index in [-0.39, 0.29) is 17.4 Å². The standard InChI is InChI=1S/C29H36FN3O3/c1-16-18-13-17(5-7-21(18)32-31-16)19-6-8-23-26(19,2)9-11-28(30)14-20-24(34)25(35)22(33(3)4)15-27(20)10-12-29(23,28)36-27/h5-7,13-14,22-25,34-35H,8-12,15H2,1-4H3,(H,31,32)/t22-,23?,24+,25+,26+,27+,28?,29-/m0/s1. The molecule has 7 rings (SSSR count). The number of nitrogens with one attached hydrogen (secondary N) is 1. The number of allylic oxidation sites excluding steroid dienone is 2. The van der Waals surface area contributed by atoms with Crippen LogP contribution in [0.4, 0.5) is 4.39 Å². The molecule has 6 nitrogen and oxygen atoms in total. The van der Waals surface area contributed by atoms with Crippen LogP contribution in [0.2, 0.25) is 0 Å². The highest BCUT2D eigenvalue weighted by Crippen LogP contribution is 2.71. The minimum atomic E-state index is -1.65. The number of fused-ring (bicyclic) bond motifs is 2. The van der Waals surface area contributed by atoms with Crippen molar-refractivity contribution in [2.75, 3.05) is 14.1 Å². The molecule has 2 aliphatic heterocycles.